The summed E-state index contributed by atoms with van der Waals surface area (Å²) in [4.78, 5) is 6.77. The molecule has 23 heavy (non-hydrogen) atoms. The standard InChI is InChI=1S/C18H22ClN3O/c1-23-17-6-5-15(19)12-14(17)13-21-16-7-10-22(11-8-16)18-4-2-3-9-20-18/h2-6,9,12,16,21H,7-8,10-11,13H2,1H3. The number of aromatic nitrogens is 1. The van der Waals surface area contributed by atoms with Crippen molar-refractivity contribution in [1.82, 2.24) is 10.3 Å². The van der Waals surface area contributed by atoms with Crippen molar-refractivity contribution in [3.8, 4) is 5.75 Å². The van der Waals surface area contributed by atoms with Crippen LogP contribution in [-0.4, -0.2) is 31.2 Å². The largest absolute Gasteiger partial charge is 0.496 e. The van der Waals surface area contributed by atoms with Gasteiger partial charge in [0.15, 0.2) is 0 Å². The number of pyridine rings is 1. The van der Waals surface area contributed by atoms with Crippen LogP contribution in [0.5, 0.6) is 5.75 Å². The van der Waals surface area contributed by atoms with E-state index in [1.165, 1.54) is 0 Å². The third-order valence-corrected chi connectivity index (χ3v) is 4.53. The molecule has 1 aromatic carbocycles. The summed E-state index contributed by atoms with van der Waals surface area (Å²) in [6.45, 7) is 2.83. The van der Waals surface area contributed by atoms with Crippen LogP contribution < -0.4 is 15.0 Å². The van der Waals surface area contributed by atoms with Crippen molar-refractivity contribution in [3.05, 3.63) is 53.2 Å². The molecular weight excluding hydrogens is 310 g/mol. The SMILES string of the molecule is COc1ccc(Cl)cc1CNC1CCN(c2ccccn2)CC1. The van der Waals surface area contributed by atoms with Gasteiger partial charge in [0.25, 0.3) is 0 Å². The van der Waals surface area contributed by atoms with E-state index < -0.39 is 0 Å². The van der Waals surface area contributed by atoms with E-state index in [2.05, 4.69) is 21.3 Å². The Hall–Kier alpha value is -1.78. The van der Waals surface area contributed by atoms with Crippen molar-refractivity contribution in [2.45, 2.75) is 25.4 Å². The third-order valence-electron chi connectivity index (χ3n) is 4.29. The Morgan fingerprint density at radius 1 is 1.26 bits per heavy atom. The van der Waals surface area contributed by atoms with Gasteiger partial charge in [-0.15, -0.1) is 0 Å². The number of hydrogen-bond donors (Lipinski definition) is 1. The smallest absolute Gasteiger partial charge is 0.128 e. The molecule has 0 atom stereocenters. The van der Waals surface area contributed by atoms with Crippen LogP contribution in [-0.2, 0) is 6.54 Å². The van der Waals surface area contributed by atoms with E-state index in [0.717, 1.165) is 54.6 Å². The van der Waals surface area contributed by atoms with Crippen molar-refractivity contribution in [2.24, 2.45) is 0 Å². The van der Waals surface area contributed by atoms with Gasteiger partial charge in [-0.1, -0.05) is 17.7 Å². The van der Waals surface area contributed by atoms with Crippen molar-refractivity contribution < 1.29 is 4.74 Å². The molecule has 2 heterocycles. The maximum Gasteiger partial charge on any atom is 0.128 e. The first kappa shape index (κ1) is 16.1. The lowest BCUT2D eigenvalue weighted by molar-refractivity contribution is 0.391. The zero-order valence-electron chi connectivity index (χ0n) is 13.3. The number of halogens is 1. The van der Waals surface area contributed by atoms with E-state index in [1.807, 2.05) is 36.5 Å². The lowest BCUT2D eigenvalue weighted by Crippen LogP contribution is -2.42. The molecule has 4 nitrogen and oxygen atoms in total. The fourth-order valence-corrected chi connectivity index (χ4v) is 3.19. The number of nitrogens with zero attached hydrogens (tertiary/aromatic N) is 2. The molecule has 1 aliphatic heterocycles. The summed E-state index contributed by atoms with van der Waals surface area (Å²) in [5.41, 5.74) is 1.10. The van der Waals surface area contributed by atoms with Crippen molar-refractivity contribution >= 4 is 17.4 Å². The minimum absolute atomic E-state index is 0.513. The number of rotatable bonds is 5. The fourth-order valence-electron chi connectivity index (χ4n) is 2.99. The number of hydrogen-bond acceptors (Lipinski definition) is 4. The van der Waals surface area contributed by atoms with E-state index in [4.69, 9.17) is 16.3 Å². The highest BCUT2D eigenvalue weighted by atomic mass is 35.5. The number of ether oxygens (including phenoxy) is 1. The Kier molecular flexibility index (Phi) is 5.36. The topological polar surface area (TPSA) is 37.4 Å². The second-order valence-corrected chi connectivity index (χ2v) is 6.22. The summed E-state index contributed by atoms with van der Waals surface area (Å²) >= 11 is 6.09. The van der Waals surface area contributed by atoms with Crippen LogP contribution in [0.1, 0.15) is 18.4 Å². The van der Waals surface area contributed by atoms with Gasteiger partial charge in [-0.2, -0.15) is 0 Å². The quantitative estimate of drug-likeness (QED) is 0.910. The molecule has 3 rings (SSSR count). The van der Waals surface area contributed by atoms with Gasteiger partial charge in [0, 0.05) is 42.5 Å². The van der Waals surface area contributed by atoms with Crippen LogP contribution >= 0.6 is 11.6 Å². The predicted molar refractivity (Wildman–Crippen MR) is 94.3 cm³/mol. The minimum Gasteiger partial charge on any atom is -0.496 e. The Morgan fingerprint density at radius 3 is 2.78 bits per heavy atom. The summed E-state index contributed by atoms with van der Waals surface area (Å²) in [5, 5.41) is 4.37. The van der Waals surface area contributed by atoms with Crippen molar-refractivity contribution in [2.75, 3.05) is 25.1 Å². The molecular formula is C18H22ClN3O. The number of piperidine rings is 1. The maximum absolute atomic E-state index is 6.09. The zero-order chi connectivity index (χ0) is 16.1. The first-order chi connectivity index (χ1) is 11.3. The average Bonchev–Trinajstić information content (AvgIpc) is 2.61. The lowest BCUT2D eigenvalue weighted by atomic mass is 10.0. The predicted octanol–water partition coefficient (Wildman–Crippen LogP) is 3.50. The molecule has 1 fully saturated rings. The fraction of sp³-hybridized carbons (Fsp3) is 0.389. The molecule has 1 N–H and O–H groups in total. The van der Waals surface area contributed by atoms with Gasteiger partial charge in [-0.05, 0) is 43.2 Å². The van der Waals surface area contributed by atoms with Crippen LogP contribution in [0.4, 0.5) is 5.82 Å². The minimum atomic E-state index is 0.513. The molecule has 5 heteroatoms. The molecule has 1 aliphatic rings. The molecule has 0 amide bonds. The molecule has 0 unspecified atom stereocenters. The van der Waals surface area contributed by atoms with E-state index >= 15 is 0 Å². The first-order valence-corrected chi connectivity index (χ1v) is 8.36. The van der Waals surface area contributed by atoms with Gasteiger partial charge >= 0.3 is 0 Å². The summed E-state index contributed by atoms with van der Waals surface area (Å²) < 4.78 is 5.40. The summed E-state index contributed by atoms with van der Waals surface area (Å²) in [6, 6.07) is 12.3. The molecule has 0 radical (unpaired) electrons. The molecule has 1 saturated heterocycles. The van der Waals surface area contributed by atoms with E-state index in [0.29, 0.717) is 6.04 Å². The van der Waals surface area contributed by atoms with Crippen LogP contribution in [0.15, 0.2) is 42.6 Å². The highest BCUT2D eigenvalue weighted by molar-refractivity contribution is 6.30. The molecule has 0 bridgehead atoms. The van der Waals surface area contributed by atoms with E-state index in [-0.39, 0.29) is 0 Å². The van der Waals surface area contributed by atoms with Crippen LogP contribution in [0.25, 0.3) is 0 Å². The first-order valence-electron chi connectivity index (χ1n) is 7.98. The highest BCUT2D eigenvalue weighted by Crippen LogP contribution is 2.23. The van der Waals surface area contributed by atoms with Crippen molar-refractivity contribution in [3.63, 3.8) is 0 Å². The molecule has 0 aliphatic carbocycles. The molecule has 1 aromatic heterocycles. The average molecular weight is 332 g/mol. The Bertz CT molecular complexity index is 627. The zero-order valence-corrected chi connectivity index (χ0v) is 14.1. The lowest BCUT2D eigenvalue weighted by Gasteiger charge is -2.33. The summed E-state index contributed by atoms with van der Waals surface area (Å²) in [6.07, 6.45) is 4.07. The third kappa shape index (κ3) is 4.15. The maximum atomic E-state index is 6.09. The number of methoxy groups -OCH3 is 1. The normalized spacial score (nSPS) is 15.7. The van der Waals surface area contributed by atoms with Crippen LogP contribution in [0.2, 0.25) is 5.02 Å². The van der Waals surface area contributed by atoms with Gasteiger partial charge in [0.2, 0.25) is 0 Å². The van der Waals surface area contributed by atoms with E-state index in [9.17, 15) is 0 Å². The molecule has 0 saturated carbocycles. The van der Waals surface area contributed by atoms with Crippen LogP contribution in [0.3, 0.4) is 0 Å². The summed E-state index contributed by atoms with van der Waals surface area (Å²) in [5.74, 6) is 1.95. The van der Waals surface area contributed by atoms with Gasteiger partial charge < -0.3 is 15.0 Å². The van der Waals surface area contributed by atoms with Gasteiger partial charge in [0.05, 0.1) is 7.11 Å². The second-order valence-electron chi connectivity index (χ2n) is 5.79. The number of anilines is 1. The van der Waals surface area contributed by atoms with Crippen molar-refractivity contribution in [1.29, 1.82) is 0 Å². The van der Waals surface area contributed by atoms with Crippen LogP contribution in [0, 0.1) is 0 Å². The monoisotopic (exact) mass is 331 g/mol. The second kappa shape index (κ2) is 7.66. The number of nitrogens with one attached hydrogen (secondary N) is 1. The number of benzene rings is 1. The highest BCUT2D eigenvalue weighted by Gasteiger charge is 2.19. The Balaban J connectivity index is 1.52. The Morgan fingerprint density at radius 2 is 2.09 bits per heavy atom. The van der Waals surface area contributed by atoms with Gasteiger partial charge in [0.1, 0.15) is 11.6 Å². The summed E-state index contributed by atoms with van der Waals surface area (Å²) in [7, 11) is 1.69. The molecule has 0 spiro atoms. The van der Waals surface area contributed by atoms with E-state index in [1.54, 1.807) is 7.11 Å². The van der Waals surface area contributed by atoms with Gasteiger partial charge in [-0.25, -0.2) is 4.98 Å². The Labute approximate surface area is 142 Å². The molecule has 122 valence electrons. The van der Waals surface area contributed by atoms with Gasteiger partial charge in [-0.3, -0.25) is 0 Å². The molecule has 2 aromatic rings.